The Hall–Kier alpha value is -0.610. The van der Waals surface area contributed by atoms with Gasteiger partial charge in [-0.05, 0) is 6.92 Å². The van der Waals surface area contributed by atoms with Crippen LogP contribution in [0, 0.1) is 0 Å². The lowest BCUT2D eigenvalue weighted by Gasteiger charge is -2.14. The molecule has 0 unspecified atom stereocenters. The molecule has 1 radical (unpaired) electrons. The molecule has 0 heterocycles. The summed E-state index contributed by atoms with van der Waals surface area (Å²) < 4.78 is 0. The molecule has 0 atom stereocenters. The van der Waals surface area contributed by atoms with E-state index in [0.717, 1.165) is 5.06 Å². The van der Waals surface area contributed by atoms with Crippen LogP contribution in [0.15, 0.2) is 0 Å². The molecule has 0 aliphatic carbocycles. The Morgan fingerprint density at radius 2 is 2.22 bits per heavy atom. The van der Waals surface area contributed by atoms with Crippen LogP contribution in [0.25, 0.3) is 0 Å². The summed E-state index contributed by atoms with van der Waals surface area (Å²) in [5.41, 5.74) is 0. The lowest BCUT2D eigenvalue weighted by atomic mass is 10.6. The SMILES string of the molecule is CCN(OC)C(=O)C[O]. The lowest BCUT2D eigenvalue weighted by molar-refractivity contribution is -0.179. The number of nitrogens with zero attached hydrogens (tertiary/aromatic N) is 1. The normalized spacial score (nSPS) is 9.22. The number of carbonyl (C=O) groups is 1. The van der Waals surface area contributed by atoms with Crippen molar-refractivity contribution in [2.75, 3.05) is 20.3 Å². The maximum absolute atomic E-state index is 10.5. The predicted molar refractivity (Wildman–Crippen MR) is 29.9 cm³/mol. The van der Waals surface area contributed by atoms with Gasteiger partial charge in [-0.3, -0.25) is 9.63 Å². The fraction of sp³-hybridized carbons (Fsp3) is 0.800. The molecule has 0 aliphatic rings. The highest BCUT2D eigenvalue weighted by Crippen LogP contribution is 1.86. The average molecular weight is 132 g/mol. The molecule has 0 aromatic rings. The van der Waals surface area contributed by atoms with Crippen molar-refractivity contribution in [3.8, 4) is 0 Å². The van der Waals surface area contributed by atoms with Crippen molar-refractivity contribution in [2.45, 2.75) is 6.92 Å². The summed E-state index contributed by atoms with van der Waals surface area (Å²) in [6.07, 6.45) is 0. The highest BCUT2D eigenvalue weighted by molar-refractivity contribution is 5.75. The van der Waals surface area contributed by atoms with Crippen LogP contribution in [0.3, 0.4) is 0 Å². The highest BCUT2D eigenvalue weighted by atomic mass is 16.7. The molecule has 53 valence electrons. The molecule has 0 fully saturated rings. The van der Waals surface area contributed by atoms with Gasteiger partial charge in [0.05, 0.1) is 7.11 Å². The Morgan fingerprint density at radius 1 is 1.67 bits per heavy atom. The molecular formula is C5H10NO3. The second-order valence-electron chi connectivity index (χ2n) is 1.42. The van der Waals surface area contributed by atoms with E-state index in [1.165, 1.54) is 7.11 Å². The van der Waals surface area contributed by atoms with Crippen LogP contribution in [-0.2, 0) is 14.7 Å². The van der Waals surface area contributed by atoms with E-state index in [-0.39, 0.29) is 0 Å². The Balaban J connectivity index is 3.64. The minimum atomic E-state index is -0.748. The van der Waals surface area contributed by atoms with Crippen LogP contribution in [-0.4, -0.2) is 31.2 Å². The zero-order valence-electron chi connectivity index (χ0n) is 5.59. The van der Waals surface area contributed by atoms with E-state index in [2.05, 4.69) is 4.84 Å². The number of amides is 1. The van der Waals surface area contributed by atoms with Gasteiger partial charge < -0.3 is 0 Å². The summed E-state index contributed by atoms with van der Waals surface area (Å²) in [5.74, 6) is -0.528. The van der Waals surface area contributed by atoms with E-state index >= 15 is 0 Å². The number of hydrogen-bond acceptors (Lipinski definition) is 2. The van der Waals surface area contributed by atoms with Crippen LogP contribution in [0.5, 0.6) is 0 Å². The summed E-state index contributed by atoms with van der Waals surface area (Å²) in [5, 5.41) is 10.9. The van der Waals surface area contributed by atoms with Gasteiger partial charge in [-0.1, -0.05) is 0 Å². The first-order chi connectivity index (χ1) is 4.26. The monoisotopic (exact) mass is 132 g/mol. The van der Waals surface area contributed by atoms with Gasteiger partial charge in [-0.25, -0.2) is 10.2 Å². The van der Waals surface area contributed by atoms with Gasteiger partial charge in [-0.15, -0.1) is 0 Å². The lowest BCUT2D eigenvalue weighted by Crippen LogP contribution is -2.31. The van der Waals surface area contributed by atoms with E-state index in [1.54, 1.807) is 6.92 Å². The molecule has 0 spiro atoms. The van der Waals surface area contributed by atoms with Crippen molar-refractivity contribution < 1.29 is 14.7 Å². The van der Waals surface area contributed by atoms with E-state index in [4.69, 9.17) is 0 Å². The number of likely N-dealkylation sites (N-methyl/N-ethyl adjacent to an activating group) is 1. The van der Waals surface area contributed by atoms with E-state index in [9.17, 15) is 9.90 Å². The largest absolute Gasteiger partial charge is 0.275 e. The van der Waals surface area contributed by atoms with Gasteiger partial charge in [-0.2, -0.15) is 0 Å². The fourth-order valence-electron chi connectivity index (χ4n) is 0.479. The minimum Gasteiger partial charge on any atom is -0.274 e. The Bertz CT molecular complexity index is 90.2. The first kappa shape index (κ1) is 8.39. The van der Waals surface area contributed by atoms with Crippen LogP contribution < -0.4 is 0 Å². The molecule has 0 aromatic carbocycles. The van der Waals surface area contributed by atoms with Gasteiger partial charge >= 0.3 is 0 Å². The van der Waals surface area contributed by atoms with Crippen molar-refractivity contribution in [2.24, 2.45) is 0 Å². The Labute approximate surface area is 54.0 Å². The third kappa shape index (κ3) is 2.43. The van der Waals surface area contributed by atoms with Crippen molar-refractivity contribution in [3.05, 3.63) is 0 Å². The standard InChI is InChI=1S/C5H10NO3/c1-3-6(9-2)5(8)4-7/h3-4H2,1-2H3. The molecule has 0 rings (SSSR count). The third-order valence-corrected chi connectivity index (χ3v) is 0.909. The summed E-state index contributed by atoms with van der Waals surface area (Å²) in [7, 11) is 1.36. The van der Waals surface area contributed by atoms with Crippen LogP contribution in [0.4, 0.5) is 0 Å². The summed E-state index contributed by atoms with van der Waals surface area (Å²) >= 11 is 0. The van der Waals surface area contributed by atoms with Gasteiger partial charge in [0.25, 0.3) is 5.91 Å². The summed E-state index contributed by atoms with van der Waals surface area (Å²) in [6, 6.07) is 0. The smallest absolute Gasteiger partial charge is 0.274 e. The third-order valence-electron chi connectivity index (χ3n) is 0.909. The average Bonchev–Trinajstić information content (AvgIpc) is 1.90. The molecule has 0 aliphatic heterocycles. The fourth-order valence-corrected chi connectivity index (χ4v) is 0.479. The Kier molecular flexibility index (Phi) is 4.00. The van der Waals surface area contributed by atoms with Gasteiger partial charge in [0.1, 0.15) is 0 Å². The van der Waals surface area contributed by atoms with Crippen molar-refractivity contribution in [3.63, 3.8) is 0 Å². The second kappa shape index (κ2) is 4.29. The molecule has 9 heavy (non-hydrogen) atoms. The number of carbonyl (C=O) groups excluding carboxylic acids is 1. The van der Waals surface area contributed by atoms with E-state index < -0.39 is 12.5 Å². The maximum atomic E-state index is 10.5. The molecular weight excluding hydrogens is 122 g/mol. The van der Waals surface area contributed by atoms with Crippen molar-refractivity contribution in [1.82, 2.24) is 5.06 Å². The Morgan fingerprint density at radius 3 is 2.33 bits per heavy atom. The van der Waals surface area contributed by atoms with Crippen molar-refractivity contribution in [1.29, 1.82) is 0 Å². The predicted octanol–water partition coefficient (Wildman–Crippen LogP) is -0.173. The zero-order chi connectivity index (χ0) is 7.28. The molecule has 0 saturated carbocycles. The van der Waals surface area contributed by atoms with Crippen LogP contribution in [0.2, 0.25) is 0 Å². The summed E-state index contributed by atoms with van der Waals surface area (Å²) in [6.45, 7) is 1.40. The number of hydroxylamine groups is 2. The number of hydrogen-bond donors (Lipinski definition) is 0. The van der Waals surface area contributed by atoms with E-state index in [0.29, 0.717) is 6.54 Å². The molecule has 0 bridgehead atoms. The topological polar surface area (TPSA) is 49.4 Å². The molecule has 0 aromatic heterocycles. The van der Waals surface area contributed by atoms with Crippen molar-refractivity contribution >= 4 is 5.91 Å². The first-order valence-corrected chi connectivity index (χ1v) is 2.68. The second-order valence-corrected chi connectivity index (χ2v) is 1.42. The summed E-state index contributed by atoms with van der Waals surface area (Å²) in [4.78, 5) is 15.0. The molecule has 4 heteroatoms. The molecule has 0 saturated heterocycles. The molecule has 0 N–H and O–H groups in total. The maximum Gasteiger partial charge on any atom is 0.275 e. The molecule has 4 nitrogen and oxygen atoms in total. The van der Waals surface area contributed by atoms with Gasteiger partial charge in [0.15, 0.2) is 6.61 Å². The zero-order valence-corrected chi connectivity index (χ0v) is 5.59. The quantitative estimate of drug-likeness (QED) is 0.500. The van der Waals surface area contributed by atoms with Crippen LogP contribution in [0.1, 0.15) is 6.92 Å². The van der Waals surface area contributed by atoms with Crippen LogP contribution >= 0.6 is 0 Å². The number of rotatable bonds is 3. The van der Waals surface area contributed by atoms with Gasteiger partial charge in [0.2, 0.25) is 0 Å². The molecule has 1 amide bonds. The van der Waals surface area contributed by atoms with E-state index in [1.807, 2.05) is 0 Å². The minimum absolute atomic E-state index is 0.414. The highest BCUT2D eigenvalue weighted by Gasteiger charge is 2.08. The first-order valence-electron chi connectivity index (χ1n) is 2.68. The van der Waals surface area contributed by atoms with Gasteiger partial charge in [0, 0.05) is 6.54 Å².